The lowest BCUT2D eigenvalue weighted by atomic mass is 9.97. The van der Waals surface area contributed by atoms with Crippen LogP contribution in [0.1, 0.15) is 58.9 Å². The molecule has 198 valence electrons. The minimum Gasteiger partial charge on any atom is -0.355 e. The summed E-state index contributed by atoms with van der Waals surface area (Å²) in [6.07, 6.45) is 6.65. The number of nitrogens with one attached hydrogen (secondary N) is 1. The Morgan fingerprint density at radius 2 is 2.03 bits per heavy atom. The van der Waals surface area contributed by atoms with Crippen molar-refractivity contribution in [1.29, 1.82) is 0 Å². The number of carbonyl (C=O) groups is 1. The molecule has 0 unspecified atom stereocenters. The van der Waals surface area contributed by atoms with Crippen LogP contribution in [-0.4, -0.2) is 65.8 Å². The number of sulfonamides is 1. The number of halogens is 1. The van der Waals surface area contributed by atoms with Gasteiger partial charge >= 0.3 is 0 Å². The molecule has 2 atom stereocenters. The predicted molar refractivity (Wildman–Crippen MR) is 143 cm³/mol. The van der Waals surface area contributed by atoms with Crippen LogP contribution in [0.15, 0.2) is 30.5 Å². The molecule has 10 nitrogen and oxygen atoms in total. The van der Waals surface area contributed by atoms with Gasteiger partial charge in [0.25, 0.3) is 5.91 Å². The Morgan fingerprint density at radius 3 is 2.76 bits per heavy atom. The zero-order valence-electron chi connectivity index (χ0n) is 21.0. The van der Waals surface area contributed by atoms with Crippen molar-refractivity contribution in [2.75, 3.05) is 30.8 Å². The SMILES string of the molecule is Cc1cn2nc([C@H]3CCCCN3C(=O)c3cc(Cl)ccc3CNS(C)(=O)=O)cc2nc1N1CC[C@H](N)C1. The first-order valence-corrected chi connectivity index (χ1v) is 14.8. The van der Waals surface area contributed by atoms with Gasteiger partial charge in [0.1, 0.15) is 5.82 Å². The number of amides is 1. The van der Waals surface area contributed by atoms with E-state index >= 15 is 0 Å². The van der Waals surface area contributed by atoms with E-state index in [1.54, 1.807) is 22.7 Å². The second-order valence-corrected chi connectivity index (χ2v) is 12.3. The zero-order valence-corrected chi connectivity index (χ0v) is 22.6. The molecular weight excluding hydrogens is 514 g/mol. The molecular formula is C25H32ClN7O3S. The fourth-order valence-corrected chi connectivity index (χ4v) is 5.82. The number of nitrogens with two attached hydrogens (primary N) is 1. The average Bonchev–Trinajstić information content (AvgIpc) is 3.47. The van der Waals surface area contributed by atoms with Gasteiger partial charge in [-0.3, -0.25) is 4.79 Å². The highest BCUT2D eigenvalue weighted by atomic mass is 35.5. The molecule has 0 aliphatic carbocycles. The highest BCUT2D eigenvalue weighted by Gasteiger charge is 2.32. The number of hydrogen-bond donors (Lipinski definition) is 2. The molecule has 12 heteroatoms. The first-order valence-electron chi connectivity index (χ1n) is 12.5. The van der Waals surface area contributed by atoms with Crippen LogP contribution in [0.5, 0.6) is 0 Å². The molecule has 3 aromatic rings. The molecule has 3 N–H and O–H groups in total. The number of aryl methyl sites for hydroxylation is 1. The van der Waals surface area contributed by atoms with Crippen LogP contribution in [0.2, 0.25) is 5.02 Å². The Kier molecular flexibility index (Phi) is 7.14. The smallest absolute Gasteiger partial charge is 0.254 e. The van der Waals surface area contributed by atoms with E-state index < -0.39 is 10.0 Å². The Balaban J connectivity index is 1.46. The van der Waals surface area contributed by atoms with Gasteiger partial charge < -0.3 is 15.5 Å². The number of aromatic nitrogens is 3. The quantitative estimate of drug-likeness (QED) is 0.487. The molecule has 2 saturated heterocycles. The van der Waals surface area contributed by atoms with E-state index in [-0.39, 0.29) is 24.5 Å². The molecule has 5 rings (SSSR count). The average molecular weight is 546 g/mol. The van der Waals surface area contributed by atoms with Crippen molar-refractivity contribution in [3.8, 4) is 0 Å². The second kappa shape index (κ2) is 10.2. The van der Waals surface area contributed by atoms with Crippen molar-refractivity contribution < 1.29 is 13.2 Å². The number of fused-ring (bicyclic) bond motifs is 1. The molecule has 0 radical (unpaired) electrons. The third kappa shape index (κ3) is 5.59. The van der Waals surface area contributed by atoms with Crippen LogP contribution in [0.25, 0.3) is 5.65 Å². The molecule has 1 aromatic carbocycles. The van der Waals surface area contributed by atoms with Crippen molar-refractivity contribution in [2.24, 2.45) is 5.73 Å². The Bertz CT molecular complexity index is 1440. The summed E-state index contributed by atoms with van der Waals surface area (Å²) in [5, 5.41) is 5.23. The fraction of sp³-hybridized carbons (Fsp3) is 0.480. The van der Waals surface area contributed by atoms with Gasteiger partial charge in [0, 0.05) is 60.6 Å². The second-order valence-electron chi connectivity index (χ2n) is 10.0. The van der Waals surface area contributed by atoms with Crippen molar-refractivity contribution in [2.45, 2.75) is 51.2 Å². The Labute approximate surface area is 221 Å². The molecule has 0 spiro atoms. The number of anilines is 1. The third-order valence-electron chi connectivity index (χ3n) is 7.08. The molecule has 0 bridgehead atoms. The molecule has 37 heavy (non-hydrogen) atoms. The first kappa shape index (κ1) is 25.9. The van der Waals surface area contributed by atoms with E-state index in [0.29, 0.717) is 22.7 Å². The van der Waals surface area contributed by atoms with E-state index in [4.69, 9.17) is 27.4 Å². The highest BCUT2D eigenvalue weighted by Crippen LogP contribution is 2.33. The standard InChI is InChI=1S/C25H32ClN7O3S/c1-16-14-33-23(29-24(16)31-10-8-19(27)15-31)12-21(30-33)22-5-3-4-9-32(22)25(34)20-11-18(26)7-6-17(20)13-28-37(2,35)36/h6-7,11-12,14,19,22,28H,3-5,8-10,13,15,27H2,1-2H3/t19-,22+/m0/s1. The van der Waals surface area contributed by atoms with E-state index in [1.807, 2.05) is 24.1 Å². The summed E-state index contributed by atoms with van der Waals surface area (Å²) in [4.78, 5) is 22.8. The summed E-state index contributed by atoms with van der Waals surface area (Å²) < 4.78 is 27.6. The van der Waals surface area contributed by atoms with Crippen LogP contribution < -0.4 is 15.4 Å². The van der Waals surface area contributed by atoms with Gasteiger partial charge in [0.2, 0.25) is 10.0 Å². The van der Waals surface area contributed by atoms with Crippen LogP contribution in [-0.2, 0) is 16.6 Å². The number of nitrogens with zero attached hydrogens (tertiary/aromatic N) is 5. The summed E-state index contributed by atoms with van der Waals surface area (Å²) >= 11 is 6.24. The van der Waals surface area contributed by atoms with Gasteiger partial charge in [-0.25, -0.2) is 22.6 Å². The number of carbonyl (C=O) groups excluding carboxylic acids is 1. The van der Waals surface area contributed by atoms with Gasteiger partial charge in [-0.2, -0.15) is 5.10 Å². The number of hydrogen-bond acceptors (Lipinski definition) is 7. The summed E-state index contributed by atoms with van der Waals surface area (Å²) in [7, 11) is -3.42. The summed E-state index contributed by atoms with van der Waals surface area (Å²) in [6.45, 7) is 4.27. The molecule has 2 fully saturated rings. The maximum absolute atomic E-state index is 13.8. The van der Waals surface area contributed by atoms with Gasteiger partial charge in [0.05, 0.1) is 18.0 Å². The molecule has 2 aliphatic heterocycles. The van der Waals surface area contributed by atoms with Crippen LogP contribution in [0.4, 0.5) is 5.82 Å². The lowest BCUT2D eigenvalue weighted by Gasteiger charge is -2.35. The van der Waals surface area contributed by atoms with Crippen molar-refractivity contribution >= 4 is 39.0 Å². The number of likely N-dealkylation sites (tertiary alicyclic amines) is 1. The minimum absolute atomic E-state index is 0.01000. The van der Waals surface area contributed by atoms with Crippen molar-refractivity contribution in [1.82, 2.24) is 24.2 Å². The fourth-order valence-electron chi connectivity index (χ4n) is 5.23. The lowest BCUT2D eigenvalue weighted by Crippen LogP contribution is -2.39. The van der Waals surface area contributed by atoms with E-state index in [1.165, 1.54) is 0 Å². The normalized spacial score (nSPS) is 20.6. The maximum atomic E-state index is 13.8. The summed E-state index contributed by atoms with van der Waals surface area (Å²) in [5.74, 6) is 0.732. The van der Waals surface area contributed by atoms with Gasteiger partial charge in [-0.1, -0.05) is 17.7 Å². The molecule has 2 aromatic heterocycles. The van der Waals surface area contributed by atoms with Crippen LogP contribution in [0.3, 0.4) is 0 Å². The van der Waals surface area contributed by atoms with Crippen molar-refractivity contribution in [3.63, 3.8) is 0 Å². The highest BCUT2D eigenvalue weighted by molar-refractivity contribution is 7.88. The largest absolute Gasteiger partial charge is 0.355 e. The monoisotopic (exact) mass is 545 g/mol. The maximum Gasteiger partial charge on any atom is 0.254 e. The van der Waals surface area contributed by atoms with E-state index in [9.17, 15) is 13.2 Å². The molecule has 1 amide bonds. The Morgan fingerprint density at radius 1 is 1.22 bits per heavy atom. The van der Waals surface area contributed by atoms with Gasteiger partial charge in [-0.15, -0.1) is 0 Å². The van der Waals surface area contributed by atoms with E-state index in [0.717, 1.165) is 67.8 Å². The molecule has 0 saturated carbocycles. The summed E-state index contributed by atoms with van der Waals surface area (Å²) in [5.41, 5.74) is 9.62. The van der Waals surface area contributed by atoms with Gasteiger partial charge in [-0.05, 0) is 50.3 Å². The lowest BCUT2D eigenvalue weighted by molar-refractivity contribution is 0.0604. The number of piperidine rings is 1. The van der Waals surface area contributed by atoms with Crippen LogP contribution in [0, 0.1) is 6.92 Å². The minimum atomic E-state index is -3.42. The van der Waals surface area contributed by atoms with Gasteiger partial charge in [0.15, 0.2) is 5.65 Å². The first-order chi connectivity index (χ1) is 17.6. The zero-order chi connectivity index (χ0) is 26.3. The third-order valence-corrected chi connectivity index (χ3v) is 7.98. The summed E-state index contributed by atoms with van der Waals surface area (Å²) in [6, 6.07) is 6.85. The predicted octanol–water partition coefficient (Wildman–Crippen LogP) is 2.65. The number of rotatable bonds is 6. The van der Waals surface area contributed by atoms with Crippen LogP contribution >= 0.6 is 11.6 Å². The van der Waals surface area contributed by atoms with E-state index in [2.05, 4.69) is 9.62 Å². The molecule has 2 aliphatic rings. The van der Waals surface area contributed by atoms with Crippen molar-refractivity contribution in [3.05, 3.63) is 57.9 Å². The molecule has 4 heterocycles. The topological polar surface area (TPSA) is 126 Å². The Hall–Kier alpha value is -2.73. The number of benzene rings is 1.